The summed E-state index contributed by atoms with van der Waals surface area (Å²) in [6.07, 6.45) is 0.854. The van der Waals surface area contributed by atoms with Gasteiger partial charge < -0.3 is 10.0 Å². The second kappa shape index (κ2) is 5.76. The van der Waals surface area contributed by atoms with Crippen LogP contribution in [0.1, 0.15) is 34.1 Å². The van der Waals surface area contributed by atoms with E-state index in [1.54, 1.807) is 16.7 Å². The lowest BCUT2D eigenvalue weighted by molar-refractivity contribution is -0.150. The van der Waals surface area contributed by atoms with Gasteiger partial charge in [-0.25, -0.2) is 4.79 Å². The van der Waals surface area contributed by atoms with Crippen molar-refractivity contribution in [2.45, 2.75) is 45.5 Å². The number of amides is 1. The third kappa shape index (κ3) is 3.37. The maximum Gasteiger partial charge on any atom is 0.327 e. The molecule has 0 spiro atoms. The molecule has 1 rings (SSSR count). The van der Waals surface area contributed by atoms with E-state index in [1.807, 2.05) is 13.8 Å². The highest BCUT2D eigenvalue weighted by Gasteiger charge is 2.42. The van der Waals surface area contributed by atoms with E-state index < -0.39 is 12.0 Å². The number of nitrogens with zero attached hydrogens (tertiary/aromatic N) is 1. The Balaban J connectivity index is 2.86. The first-order valence-corrected chi connectivity index (χ1v) is 7.06. The molecule has 2 atom stereocenters. The molecule has 4 nitrogen and oxygen atoms in total. The van der Waals surface area contributed by atoms with Crippen LogP contribution in [0.25, 0.3) is 0 Å². The van der Waals surface area contributed by atoms with Gasteiger partial charge >= 0.3 is 5.97 Å². The summed E-state index contributed by atoms with van der Waals surface area (Å²) in [6, 6.07) is -0.654. The van der Waals surface area contributed by atoms with Crippen LogP contribution in [-0.2, 0) is 9.59 Å². The Morgan fingerprint density at radius 2 is 1.94 bits per heavy atom. The first-order chi connectivity index (χ1) is 7.84. The number of aliphatic carboxylic acids is 1. The molecule has 0 aromatic heterocycles. The molecule has 5 heteroatoms. The van der Waals surface area contributed by atoms with E-state index in [2.05, 4.69) is 13.8 Å². The quantitative estimate of drug-likeness (QED) is 0.839. The molecule has 0 bridgehead atoms. The number of carbonyl (C=O) groups is 2. The molecular formula is C12H21NO3S. The van der Waals surface area contributed by atoms with Gasteiger partial charge in [-0.3, -0.25) is 4.79 Å². The normalized spacial score (nSPS) is 24.7. The van der Waals surface area contributed by atoms with Gasteiger partial charge in [0.1, 0.15) is 6.04 Å². The summed E-state index contributed by atoms with van der Waals surface area (Å²) in [5.41, 5.74) is 0. The van der Waals surface area contributed by atoms with Crippen LogP contribution in [0.4, 0.5) is 0 Å². The summed E-state index contributed by atoms with van der Waals surface area (Å²) in [6.45, 7) is 7.81. The van der Waals surface area contributed by atoms with Crippen molar-refractivity contribution in [3.63, 3.8) is 0 Å². The van der Waals surface area contributed by atoms with Crippen molar-refractivity contribution in [1.82, 2.24) is 4.90 Å². The van der Waals surface area contributed by atoms with E-state index in [-0.39, 0.29) is 17.2 Å². The SMILES string of the molecule is CC(C)CC1SCC(C(=O)O)N1C(=O)C(C)C. The predicted octanol–water partition coefficient (Wildman–Crippen LogP) is 2.04. The van der Waals surface area contributed by atoms with Crippen LogP contribution in [0.15, 0.2) is 0 Å². The number of carbonyl (C=O) groups excluding carboxylic acids is 1. The van der Waals surface area contributed by atoms with E-state index in [4.69, 9.17) is 5.11 Å². The number of rotatable bonds is 4. The largest absolute Gasteiger partial charge is 0.480 e. The molecule has 17 heavy (non-hydrogen) atoms. The van der Waals surface area contributed by atoms with E-state index in [0.29, 0.717) is 11.7 Å². The minimum absolute atomic E-state index is 0.0194. The lowest BCUT2D eigenvalue weighted by Gasteiger charge is -2.29. The topological polar surface area (TPSA) is 57.6 Å². The highest BCUT2D eigenvalue weighted by molar-refractivity contribution is 8.00. The number of carboxylic acids is 1. The van der Waals surface area contributed by atoms with Gasteiger partial charge in [-0.1, -0.05) is 27.7 Å². The maximum atomic E-state index is 12.1. The summed E-state index contributed by atoms with van der Waals surface area (Å²) in [7, 11) is 0. The zero-order valence-corrected chi connectivity index (χ0v) is 11.7. The van der Waals surface area contributed by atoms with Gasteiger partial charge in [-0.15, -0.1) is 11.8 Å². The Bertz CT molecular complexity index is 304. The first-order valence-electron chi connectivity index (χ1n) is 6.01. The molecule has 0 aliphatic carbocycles. The second-order valence-corrected chi connectivity index (χ2v) is 6.38. The first kappa shape index (κ1) is 14.4. The van der Waals surface area contributed by atoms with Gasteiger partial charge in [0.05, 0.1) is 5.37 Å². The fraction of sp³-hybridized carbons (Fsp3) is 0.833. The van der Waals surface area contributed by atoms with E-state index in [9.17, 15) is 9.59 Å². The number of hydrogen-bond acceptors (Lipinski definition) is 3. The van der Waals surface area contributed by atoms with Crippen LogP contribution in [0.3, 0.4) is 0 Å². The Kier molecular flexibility index (Phi) is 4.86. The highest BCUT2D eigenvalue weighted by Crippen LogP contribution is 2.34. The smallest absolute Gasteiger partial charge is 0.327 e. The fourth-order valence-corrected chi connectivity index (χ4v) is 3.57. The molecule has 0 radical (unpaired) electrons. The fourth-order valence-electron chi connectivity index (χ4n) is 1.93. The monoisotopic (exact) mass is 259 g/mol. The molecule has 1 aliphatic rings. The van der Waals surface area contributed by atoms with Crippen molar-refractivity contribution < 1.29 is 14.7 Å². The maximum absolute atomic E-state index is 12.1. The number of thioether (sulfide) groups is 1. The highest BCUT2D eigenvalue weighted by atomic mass is 32.2. The summed E-state index contributed by atoms with van der Waals surface area (Å²) in [5.74, 6) is -0.121. The average Bonchev–Trinajstić information content (AvgIpc) is 2.59. The van der Waals surface area contributed by atoms with E-state index in [0.717, 1.165) is 6.42 Å². The lowest BCUT2D eigenvalue weighted by atomic mass is 10.1. The molecule has 1 saturated heterocycles. The molecule has 1 heterocycles. The molecule has 0 aromatic carbocycles. The number of carboxylic acid groups (broad SMARTS) is 1. The van der Waals surface area contributed by atoms with Gasteiger partial charge in [0.25, 0.3) is 0 Å². The Morgan fingerprint density at radius 3 is 2.35 bits per heavy atom. The minimum atomic E-state index is -0.891. The van der Waals surface area contributed by atoms with Crippen molar-refractivity contribution >= 4 is 23.6 Å². The molecule has 0 saturated carbocycles. The van der Waals surface area contributed by atoms with Gasteiger partial charge in [0.15, 0.2) is 0 Å². The molecule has 1 fully saturated rings. The summed E-state index contributed by atoms with van der Waals surface area (Å²) in [4.78, 5) is 24.8. The Hall–Kier alpha value is -0.710. The van der Waals surface area contributed by atoms with Crippen LogP contribution >= 0.6 is 11.8 Å². The molecule has 0 aromatic rings. The van der Waals surface area contributed by atoms with Crippen LogP contribution in [-0.4, -0.2) is 39.1 Å². The Morgan fingerprint density at radius 1 is 1.35 bits per heavy atom. The standard InChI is InChI=1S/C12H21NO3S/c1-7(2)5-10-13(11(14)8(3)4)9(6-17-10)12(15)16/h7-10H,5-6H2,1-4H3,(H,15,16). The van der Waals surface area contributed by atoms with E-state index >= 15 is 0 Å². The predicted molar refractivity (Wildman–Crippen MR) is 68.8 cm³/mol. The summed E-state index contributed by atoms with van der Waals surface area (Å²) < 4.78 is 0. The van der Waals surface area contributed by atoms with Gasteiger partial charge in [0, 0.05) is 11.7 Å². The van der Waals surface area contributed by atoms with Gasteiger partial charge in [-0.2, -0.15) is 0 Å². The van der Waals surface area contributed by atoms with Crippen molar-refractivity contribution in [3.05, 3.63) is 0 Å². The van der Waals surface area contributed by atoms with Crippen LogP contribution < -0.4 is 0 Å². The summed E-state index contributed by atoms with van der Waals surface area (Å²) >= 11 is 1.59. The summed E-state index contributed by atoms with van der Waals surface area (Å²) in [5, 5.41) is 9.18. The molecule has 2 unspecified atom stereocenters. The van der Waals surface area contributed by atoms with Crippen molar-refractivity contribution in [2.24, 2.45) is 11.8 Å². The lowest BCUT2D eigenvalue weighted by Crippen LogP contribution is -2.47. The van der Waals surface area contributed by atoms with Crippen LogP contribution in [0, 0.1) is 11.8 Å². The van der Waals surface area contributed by atoms with E-state index in [1.165, 1.54) is 0 Å². The zero-order chi connectivity index (χ0) is 13.2. The van der Waals surface area contributed by atoms with Gasteiger partial charge in [-0.05, 0) is 12.3 Å². The second-order valence-electron chi connectivity index (χ2n) is 5.17. The van der Waals surface area contributed by atoms with Gasteiger partial charge in [0.2, 0.25) is 5.91 Å². The Labute approximate surface area is 107 Å². The van der Waals surface area contributed by atoms with Crippen LogP contribution in [0.5, 0.6) is 0 Å². The van der Waals surface area contributed by atoms with Crippen molar-refractivity contribution in [1.29, 1.82) is 0 Å². The number of hydrogen-bond donors (Lipinski definition) is 1. The molecular weight excluding hydrogens is 238 g/mol. The average molecular weight is 259 g/mol. The minimum Gasteiger partial charge on any atom is -0.480 e. The molecule has 1 amide bonds. The molecule has 98 valence electrons. The van der Waals surface area contributed by atoms with Crippen LogP contribution in [0.2, 0.25) is 0 Å². The third-order valence-corrected chi connectivity index (χ3v) is 4.11. The molecule has 1 aliphatic heterocycles. The van der Waals surface area contributed by atoms with Crippen molar-refractivity contribution in [2.75, 3.05) is 5.75 Å². The molecule has 1 N–H and O–H groups in total. The zero-order valence-electron chi connectivity index (χ0n) is 10.8. The van der Waals surface area contributed by atoms with Crippen molar-refractivity contribution in [3.8, 4) is 0 Å². The third-order valence-electron chi connectivity index (χ3n) is 2.80.